The number of carbonyl (C=O) groups excluding carboxylic acids is 1. The summed E-state index contributed by atoms with van der Waals surface area (Å²) in [5.41, 5.74) is 2.29. The van der Waals surface area contributed by atoms with Crippen LogP contribution in [0.15, 0.2) is 63.9 Å². The molecule has 0 amide bonds. The highest BCUT2D eigenvalue weighted by atomic mass is 32.2. The number of pyridine rings is 1. The van der Waals surface area contributed by atoms with Crippen LogP contribution in [0.1, 0.15) is 64.1 Å². The van der Waals surface area contributed by atoms with Crippen LogP contribution in [-0.4, -0.2) is 53.4 Å². The van der Waals surface area contributed by atoms with E-state index in [0.717, 1.165) is 75.0 Å². The molecule has 2 aromatic rings. The van der Waals surface area contributed by atoms with E-state index in [-0.39, 0.29) is 11.5 Å². The van der Waals surface area contributed by atoms with Gasteiger partial charge in [0.2, 0.25) is 5.91 Å². The molecule has 0 fully saturated rings. The van der Waals surface area contributed by atoms with Gasteiger partial charge in [-0.25, -0.2) is 4.57 Å². The van der Waals surface area contributed by atoms with Gasteiger partial charge in [-0.1, -0.05) is 45.8 Å². The number of allylic oxidation sites excluding steroid dienone is 2. The van der Waals surface area contributed by atoms with Crippen LogP contribution in [0, 0.1) is 5.41 Å². The second kappa shape index (κ2) is 13.4. The van der Waals surface area contributed by atoms with E-state index in [1.165, 1.54) is 16.2 Å². The van der Waals surface area contributed by atoms with Gasteiger partial charge >= 0.3 is 0 Å². The molecule has 4 rings (SSSR count). The number of ether oxygens (including phenoxy) is 1. The molecule has 1 atom stereocenters. The van der Waals surface area contributed by atoms with E-state index >= 15 is 0 Å². The lowest BCUT2D eigenvalue weighted by molar-refractivity contribution is 0.0731. The average molecular weight is 536 g/mol. The summed E-state index contributed by atoms with van der Waals surface area (Å²) in [4.78, 5) is 30.9. The van der Waals surface area contributed by atoms with Crippen LogP contribution in [0.3, 0.4) is 0 Å². The molecule has 0 bridgehead atoms. The van der Waals surface area contributed by atoms with Crippen molar-refractivity contribution in [1.29, 1.82) is 0 Å². The van der Waals surface area contributed by atoms with Crippen molar-refractivity contribution in [1.82, 2.24) is 9.88 Å². The Kier molecular flexibility index (Phi) is 10.0. The van der Waals surface area contributed by atoms with Crippen LogP contribution in [0.4, 0.5) is 0 Å². The second-order valence-electron chi connectivity index (χ2n) is 10.7. The Morgan fingerprint density at radius 3 is 2.87 bits per heavy atom. The van der Waals surface area contributed by atoms with Gasteiger partial charge in [0, 0.05) is 35.1 Å². The van der Waals surface area contributed by atoms with Gasteiger partial charge in [-0.2, -0.15) is 0 Å². The minimum absolute atomic E-state index is 0.159. The predicted molar refractivity (Wildman–Crippen MR) is 160 cm³/mol. The van der Waals surface area contributed by atoms with Crippen LogP contribution in [0.25, 0.3) is 10.9 Å². The van der Waals surface area contributed by atoms with Gasteiger partial charge in [0.25, 0.3) is 5.56 Å². The summed E-state index contributed by atoms with van der Waals surface area (Å²) in [6, 6.07) is 8.89. The molecule has 0 spiro atoms. The molecule has 1 N–H and O–H groups in total. The van der Waals surface area contributed by atoms with E-state index < -0.39 is 5.41 Å². The van der Waals surface area contributed by atoms with Gasteiger partial charge in [-0.3, -0.25) is 14.6 Å². The summed E-state index contributed by atoms with van der Waals surface area (Å²) in [7, 11) is 0. The van der Waals surface area contributed by atoms with Gasteiger partial charge in [0.05, 0.1) is 24.4 Å². The molecular formula is C31H41N3O3S. The summed E-state index contributed by atoms with van der Waals surface area (Å²) in [6.45, 7) is 9.12. The van der Waals surface area contributed by atoms with Crippen molar-refractivity contribution in [2.45, 2.75) is 64.5 Å². The van der Waals surface area contributed by atoms with Gasteiger partial charge in [0.15, 0.2) is 0 Å². The molecule has 1 aliphatic heterocycles. The van der Waals surface area contributed by atoms with E-state index in [4.69, 9.17) is 9.73 Å². The number of nitrogens with zero attached hydrogens (tertiary/aromatic N) is 2. The number of unbranched alkanes of at least 4 members (excludes halogenated alkanes) is 2. The van der Waals surface area contributed by atoms with Crippen LogP contribution in [-0.2, 0) is 0 Å². The Balaban J connectivity index is 1.24. The lowest BCUT2D eigenvalue weighted by atomic mass is 9.86. The molecule has 1 aromatic carbocycles. The van der Waals surface area contributed by atoms with E-state index in [0.29, 0.717) is 23.1 Å². The normalized spacial score (nSPS) is 18.1. The zero-order valence-corrected chi connectivity index (χ0v) is 23.8. The highest BCUT2D eigenvalue weighted by Gasteiger charge is 2.30. The van der Waals surface area contributed by atoms with Gasteiger partial charge in [0.1, 0.15) is 5.75 Å². The molecule has 6 nitrogen and oxygen atoms in total. The fourth-order valence-electron chi connectivity index (χ4n) is 4.95. The third-order valence-electron chi connectivity index (χ3n) is 7.26. The van der Waals surface area contributed by atoms with E-state index in [1.807, 2.05) is 43.8 Å². The Morgan fingerprint density at radius 1 is 1.18 bits per heavy atom. The van der Waals surface area contributed by atoms with Gasteiger partial charge in [-0.15, -0.1) is 11.8 Å². The van der Waals surface area contributed by atoms with Crippen molar-refractivity contribution >= 4 is 34.3 Å². The number of hydrogen-bond acceptors (Lipinski definition) is 6. The summed E-state index contributed by atoms with van der Waals surface area (Å²) in [5, 5.41) is 4.94. The SMILES string of the molecule is CCCCC(C)(C)C(=O)n1c(=O)ccc2ccc(OCCCCNCCN=C3C=CCC4SCC=C34)cc21. The van der Waals surface area contributed by atoms with Crippen LogP contribution < -0.4 is 15.6 Å². The first-order valence-electron chi connectivity index (χ1n) is 14.0. The molecule has 1 unspecified atom stereocenters. The fraction of sp³-hybridized carbons (Fsp3) is 0.516. The maximum Gasteiger partial charge on any atom is 0.257 e. The first kappa shape index (κ1) is 28.4. The number of benzene rings is 1. The highest BCUT2D eigenvalue weighted by molar-refractivity contribution is 8.00. The van der Waals surface area contributed by atoms with Gasteiger partial charge in [-0.05, 0) is 67.5 Å². The number of thioether (sulfide) groups is 1. The largest absolute Gasteiger partial charge is 0.494 e. The molecule has 0 radical (unpaired) electrons. The number of fused-ring (bicyclic) bond motifs is 2. The summed E-state index contributed by atoms with van der Waals surface area (Å²) >= 11 is 2.01. The fourth-order valence-corrected chi connectivity index (χ4v) is 6.10. The van der Waals surface area contributed by atoms with Crippen molar-refractivity contribution in [3.8, 4) is 5.75 Å². The van der Waals surface area contributed by atoms with Crippen LogP contribution in [0.5, 0.6) is 5.75 Å². The first-order chi connectivity index (χ1) is 18.4. The number of carbonyl (C=O) groups is 1. The molecule has 2 aliphatic rings. The number of aliphatic imine (C=N–C) groups is 1. The van der Waals surface area contributed by atoms with Crippen molar-refractivity contribution < 1.29 is 9.53 Å². The highest BCUT2D eigenvalue weighted by Crippen LogP contribution is 2.33. The summed E-state index contributed by atoms with van der Waals surface area (Å²) in [6.07, 6.45) is 12.5. The van der Waals surface area contributed by atoms with Crippen molar-refractivity contribution in [3.63, 3.8) is 0 Å². The lowest BCUT2D eigenvalue weighted by Gasteiger charge is -2.24. The second-order valence-corrected chi connectivity index (χ2v) is 11.9. The minimum Gasteiger partial charge on any atom is -0.494 e. The summed E-state index contributed by atoms with van der Waals surface area (Å²) in [5.74, 6) is 1.63. The number of hydrogen-bond donors (Lipinski definition) is 1. The first-order valence-corrected chi connectivity index (χ1v) is 15.0. The Hall–Kier alpha value is -2.64. The molecule has 2 heterocycles. The molecule has 0 saturated carbocycles. The van der Waals surface area contributed by atoms with Crippen LogP contribution >= 0.6 is 11.8 Å². The zero-order chi connectivity index (χ0) is 27.0. The Morgan fingerprint density at radius 2 is 2.03 bits per heavy atom. The number of nitrogens with one attached hydrogen (secondary N) is 1. The topological polar surface area (TPSA) is 72.7 Å². The molecule has 38 heavy (non-hydrogen) atoms. The third-order valence-corrected chi connectivity index (χ3v) is 8.47. The number of aromatic nitrogens is 1. The molecule has 204 valence electrons. The molecule has 1 aliphatic carbocycles. The Bertz CT molecular complexity index is 1270. The van der Waals surface area contributed by atoms with Crippen molar-refractivity contribution in [2.75, 3.05) is 32.0 Å². The zero-order valence-electron chi connectivity index (χ0n) is 23.0. The van der Waals surface area contributed by atoms with Crippen molar-refractivity contribution in [3.05, 3.63) is 64.5 Å². The monoisotopic (exact) mass is 535 g/mol. The molecule has 1 aromatic heterocycles. The van der Waals surface area contributed by atoms with E-state index in [9.17, 15) is 9.59 Å². The average Bonchev–Trinajstić information content (AvgIpc) is 3.40. The maximum atomic E-state index is 13.4. The smallest absolute Gasteiger partial charge is 0.257 e. The standard InChI is InChI=1S/C31H41N3O3S/c1-4-5-16-31(2,3)30(36)34-27-22-24(13-11-23(27)12-14-29(34)35)37-20-7-6-17-32-18-19-33-26-9-8-10-28-25(26)15-21-38-28/h8-9,11-15,22,28,32H,4-7,10,16-21H2,1-3H3. The molecule has 7 heteroatoms. The predicted octanol–water partition coefficient (Wildman–Crippen LogP) is 6.05. The maximum absolute atomic E-state index is 13.4. The number of rotatable bonds is 13. The lowest BCUT2D eigenvalue weighted by Crippen LogP contribution is -2.36. The van der Waals surface area contributed by atoms with E-state index in [1.54, 1.807) is 6.07 Å². The quantitative estimate of drug-likeness (QED) is 0.316. The van der Waals surface area contributed by atoms with Gasteiger partial charge < -0.3 is 10.1 Å². The van der Waals surface area contributed by atoms with Crippen LogP contribution in [0.2, 0.25) is 0 Å². The minimum atomic E-state index is -0.605. The van der Waals surface area contributed by atoms with E-state index in [2.05, 4.69) is 30.5 Å². The molecule has 0 saturated heterocycles. The summed E-state index contributed by atoms with van der Waals surface area (Å²) < 4.78 is 7.32. The third kappa shape index (κ3) is 7.06. The van der Waals surface area contributed by atoms with Crippen molar-refractivity contribution in [2.24, 2.45) is 10.4 Å². The molecular weight excluding hydrogens is 494 g/mol. The Labute approximate surface area is 230 Å².